The Balaban J connectivity index is 2.43. The molecular weight excluding hydrogens is 126 g/mol. The number of hydrogen-bond donors (Lipinski definition) is 1. The summed E-state index contributed by atoms with van der Waals surface area (Å²) in [5.41, 5.74) is 6.35. The lowest BCUT2D eigenvalue weighted by molar-refractivity contribution is 0.788. The van der Waals surface area contributed by atoms with E-state index in [1.807, 2.05) is 12.1 Å². The zero-order valence-electron chi connectivity index (χ0n) is 5.83. The quantitative estimate of drug-likeness (QED) is 0.654. The van der Waals surface area contributed by atoms with Crippen molar-refractivity contribution in [2.45, 2.75) is 12.8 Å². The third-order valence-electron chi connectivity index (χ3n) is 1.26. The van der Waals surface area contributed by atoms with Crippen molar-refractivity contribution in [1.82, 2.24) is 10.2 Å². The second-order valence-corrected chi connectivity index (χ2v) is 2.11. The van der Waals surface area contributed by atoms with Crippen LogP contribution in [0, 0.1) is 0 Å². The number of nitrogens with zero attached hydrogens (tertiary/aromatic N) is 2. The molecule has 3 heteroatoms. The van der Waals surface area contributed by atoms with Crippen LogP contribution in [0.5, 0.6) is 0 Å². The van der Waals surface area contributed by atoms with E-state index in [1.165, 1.54) is 0 Å². The molecule has 0 atom stereocenters. The summed E-state index contributed by atoms with van der Waals surface area (Å²) in [7, 11) is 0. The predicted molar refractivity (Wildman–Crippen MR) is 39.4 cm³/mol. The minimum absolute atomic E-state index is 0.719. The molecule has 0 aromatic carbocycles. The molecule has 1 heterocycles. The lowest BCUT2D eigenvalue weighted by Crippen LogP contribution is -2.01. The molecule has 0 aliphatic rings. The second kappa shape index (κ2) is 3.95. The summed E-state index contributed by atoms with van der Waals surface area (Å²) >= 11 is 0. The fourth-order valence-electron chi connectivity index (χ4n) is 0.750. The van der Waals surface area contributed by atoms with Gasteiger partial charge in [0, 0.05) is 6.20 Å². The van der Waals surface area contributed by atoms with Gasteiger partial charge in [-0.1, -0.05) is 0 Å². The number of aromatic nitrogens is 2. The summed E-state index contributed by atoms with van der Waals surface area (Å²) in [4.78, 5) is 0. The minimum atomic E-state index is 0.719. The van der Waals surface area contributed by atoms with Crippen LogP contribution >= 0.6 is 0 Å². The van der Waals surface area contributed by atoms with Crippen molar-refractivity contribution in [1.29, 1.82) is 0 Å². The van der Waals surface area contributed by atoms with Crippen LogP contribution in [-0.2, 0) is 6.42 Å². The van der Waals surface area contributed by atoms with Crippen LogP contribution in [-0.4, -0.2) is 16.7 Å². The van der Waals surface area contributed by atoms with Gasteiger partial charge in [0.1, 0.15) is 0 Å². The number of aryl methyl sites for hydroxylation is 1. The van der Waals surface area contributed by atoms with Gasteiger partial charge in [-0.3, -0.25) is 0 Å². The monoisotopic (exact) mass is 137 g/mol. The van der Waals surface area contributed by atoms with Gasteiger partial charge in [-0.15, -0.1) is 0 Å². The van der Waals surface area contributed by atoms with E-state index in [0.29, 0.717) is 0 Å². The fourth-order valence-corrected chi connectivity index (χ4v) is 0.750. The van der Waals surface area contributed by atoms with Crippen molar-refractivity contribution in [3.8, 4) is 0 Å². The van der Waals surface area contributed by atoms with E-state index in [1.54, 1.807) is 6.20 Å². The van der Waals surface area contributed by atoms with Crippen LogP contribution in [0.2, 0.25) is 0 Å². The van der Waals surface area contributed by atoms with E-state index >= 15 is 0 Å². The molecule has 0 saturated heterocycles. The molecular formula is C7H11N3. The zero-order valence-corrected chi connectivity index (χ0v) is 5.83. The van der Waals surface area contributed by atoms with E-state index in [9.17, 15) is 0 Å². The van der Waals surface area contributed by atoms with Crippen molar-refractivity contribution in [2.75, 3.05) is 6.54 Å². The van der Waals surface area contributed by atoms with Gasteiger partial charge in [-0.25, -0.2) is 0 Å². The number of rotatable bonds is 3. The Morgan fingerprint density at radius 1 is 1.50 bits per heavy atom. The molecule has 10 heavy (non-hydrogen) atoms. The maximum Gasteiger partial charge on any atom is 0.0631 e. The van der Waals surface area contributed by atoms with E-state index < -0.39 is 0 Å². The first kappa shape index (κ1) is 7.15. The summed E-state index contributed by atoms with van der Waals surface area (Å²) in [6, 6.07) is 3.85. The molecule has 0 unspecified atom stereocenters. The molecule has 0 radical (unpaired) electrons. The minimum Gasteiger partial charge on any atom is -0.330 e. The summed E-state index contributed by atoms with van der Waals surface area (Å²) in [6.45, 7) is 0.719. The molecule has 2 N–H and O–H groups in total. The lowest BCUT2D eigenvalue weighted by atomic mass is 10.2. The Labute approximate surface area is 60.3 Å². The SMILES string of the molecule is NCCCc1cccnn1. The Morgan fingerprint density at radius 3 is 3.00 bits per heavy atom. The highest BCUT2D eigenvalue weighted by atomic mass is 15.1. The van der Waals surface area contributed by atoms with E-state index in [4.69, 9.17) is 5.73 Å². The van der Waals surface area contributed by atoms with Crippen molar-refractivity contribution in [3.63, 3.8) is 0 Å². The van der Waals surface area contributed by atoms with Crippen LogP contribution < -0.4 is 5.73 Å². The maximum absolute atomic E-state index is 5.33. The average Bonchev–Trinajstić information content (AvgIpc) is 2.03. The summed E-state index contributed by atoms with van der Waals surface area (Å²) in [5, 5.41) is 7.66. The van der Waals surface area contributed by atoms with Crippen LogP contribution in [0.3, 0.4) is 0 Å². The summed E-state index contributed by atoms with van der Waals surface area (Å²) in [6.07, 6.45) is 3.59. The van der Waals surface area contributed by atoms with E-state index in [0.717, 1.165) is 25.1 Å². The number of nitrogens with two attached hydrogens (primary N) is 1. The molecule has 1 aromatic heterocycles. The van der Waals surface area contributed by atoms with Crippen LogP contribution in [0.4, 0.5) is 0 Å². The van der Waals surface area contributed by atoms with Crippen molar-refractivity contribution in [2.24, 2.45) is 5.73 Å². The first-order valence-electron chi connectivity index (χ1n) is 3.40. The first-order chi connectivity index (χ1) is 4.93. The van der Waals surface area contributed by atoms with Gasteiger partial charge in [0.25, 0.3) is 0 Å². The second-order valence-electron chi connectivity index (χ2n) is 2.11. The number of hydrogen-bond acceptors (Lipinski definition) is 3. The summed E-state index contributed by atoms with van der Waals surface area (Å²) in [5.74, 6) is 0. The van der Waals surface area contributed by atoms with Crippen molar-refractivity contribution >= 4 is 0 Å². The molecule has 1 rings (SSSR count). The van der Waals surface area contributed by atoms with Gasteiger partial charge >= 0.3 is 0 Å². The highest BCUT2D eigenvalue weighted by Crippen LogP contribution is 1.94. The molecule has 54 valence electrons. The zero-order chi connectivity index (χ0) is 7.23. The van der Waals surface area contributed by atoms with Crippen molar-refractivity contribution < 1.29 is 0 Å². The van der Waals surface area contributed by atoms with Crippen LogP contribution in [0.1, 0.15) is 12.1 Å². The Bertz CT molecular complexity index is 173. The Morgan fingerprint density at radius 2 is 2.40 bits per heavy atom. The molecule has 0 bridgehead atoms. The van der Waals surface area contributed by atoms with Crippen LogP contribution in [0.25, 0.3) is 0 Å². The van der Waals surface area contributed by atoms with Gasteiger partial charge in [-0.2, -0.15) is 10.2 Å². The highest BCUT2D eigenvalue weighted by Gasteiger charge is 1.90. The molecule has 0 amide bonds. The Hall–Kier alpha value is -0.960. The first-order valence-corrected chi connectivity index (χ1v) is 3.40. The molecule has 1 aromatic rings. The van der Waals surface area contributed by atoms with E-state index in [2.05, 4.69) is 10.2 Å². The van der Waals surface area contributed by atoms with Gasteiger partial charge in [0.2, 0.25) is 0 Å². The van der Waals surface area contributed by atoms with Gasteiger partial charge < -0.3 is 5.73 Å². The third-order valence-corrected chi connectivity index (χ3v) is 1.26. The van der Waals surface area contributed by atoms with Gasteiger partial charge in [-0.05, 0) is 31.5 Å². The molecule has 3 nitrogen and oxygen atoms in total. The predicted octanol–water partition coefficient (Wildman–Crippen LogP) is 0.368. The highest BCUT2D eigenvalue weighted by molar-refractivity contribution is 4.98. The van der Waals surface area contributed by atoms with Crippen molar-refractivity contribution in [3.05, 3.63) is 24.0 Å². The molecule has 0 aliphatic heterocycles. The lowest BCUT2D eigenvalue weighted by Gasteiger charge is -1.94. The van der Waals surface area contributed by atoms with Crippen LogP contribution in [0.15, 0.2) is 18.3 Å². The summed E-state index contributed by atoms with van der Waals surface area (Å²) < 4.78 is 0. The van der Waals surface area contributed by atoms with Gasteiger partial charge in [0.15, 0.2) is 0 Å². The molecule has 0 fully saturated rings. The maximum atomic E-state index is 5.33. The van der Waals surface area contributed by atoms with Gasteiger partial charge in [0.05, 0.1) is 5.69 Å². The molecule has 0 saturated carbocycles. The average molecular weight is 137 g/mol. The fraction of sp³-hybridized carbons (Fsp3) is 0.429. The topological polar surface area (TPSA) is 51.8 Å². The largest absolute Gasteiger partial charge is 0.330 e. The standard InChI is InChI=1S/C7H11N3/c8-5-1-3-7-4-2-6-9-10-7/h2,4,6H,1,3,5,8H2. The van der Waals surface area contributed by atoms with E-state index in [-0.39, 0.29) is 0 Å². The smallest absolute Gasteiger partial charge is 0.0631 e. The molecule has 0 spiro atoms. The third kappa shape index (κ3) is 2.11. The normalized spacial score (nSPS) is 9.70. The molecule has 0 aliphatic carbocycles. The Kier molecular flexibility index (Phi) is 2.83.